The van der Waals surface area contributed by atoms with E-state index < -0.39 is 0 Å². The first kappa shape index (κ1) is 16.1. The Labute approximate surface area is 157 Å². The zero-order valence-electron chi connectivity index (χ0n) is 15.0. The number of amidine groups is 1. The number of benzene rings is 2. The van der Waals surface area contributed by atoms with E-state index in [1.54, 1.807) is 9.80 Å². The minimum Gasteiger partial charge on any atom is -0.311 e. The van der Waals surface area contributed by atoms with Gasteiger partial charge in [0, 0.05) is 24.3 Å². The van der Waals surface area contributed by atoms with Gasteiger partial charge in [0.05, 0.1) is 12.2 Å². The number of carbonyl (C=O) groups is 2. The van der Waals surface area contributed by atoms with Gasteiger partial charge in [0.2, 0.25) is 5.91 Å². The van der Waals surface area contributed by atoms with Crippen LogP contribution in [0, 0.1) is 0 Å². The number of fused-ring (bicyclic) bond motifs is 4. The Morgan fingerprint density at radius 3 is 2.67 bits per heavy atom. The molecule has 2 aromatic rings. The summed E-state index contributed by atoms with van der Waals surface area (Å²) in [5, 5.41) is 0. The number of rotatable bonds is 2. The molecule has 0 spiro atoms. The van der Waals surface area contributed by atoms with Gasteiger partial charge in [0.1, 0.15) is 12.4 Å². The number of carbonyl (C=O) groups excluding carboxylic acids is 2. The molecule has 6 heteroatoms. The van der Waals surface area contributed by atoms with Crippen molar-refractivity contribution in [3.8, 4) is 0 Å². The molecule has 5 rings (SSSR count). The van der Waals surface area contributed by atoms with Crippen molar-refractivity contribution >= 4 is 29.1 Å². The third-order valence-corrected chi connectivity index (χ3v) is 5.44. The number of nitrogens with zero attached hydrogens (tertiary/aromatic N) is 4. The summed E-state index contributed by atoms with van der Waals surface area (Å²) in [6.07, 6.45) is 1.93. The Balaban J connectivity index is 1.48. The Hall–Kier alpha value is -3.15. The monoisotopic (exact) mass is 360 g/mol. The van der Waals surface area contributed by atoms with Gasteiger partial charge in [0.25, 0.3) is 0 Å². The van der Waals surface area contributed by atoms with Gasteiger partial charge in [-0.05, 0) is 36.6 Å². The molecular weight excluding hydrogens is 340 g/mol. The smallest absolute Gasteiger partial charge is 0.311 e. The molecule has 0 atom stereocenters. The van der Waals surface area contributed by atoms with E-state index in [0.29, 0.717) is 19.6 Å². The lowest BCUT2D eigenvalue weighted by Gasteiger charge is -2.37. The molecule has 27 heavy (non-hydrogen) atoms. The van der Waals surface area contributed by atoms with E-state index in [4.69, 9.17) is 0 Å². The van der Waals surface area contributed by atoms with Crippen molar-refractivity contribution in [2.24, 2.45) is 4.99 Å². The zero-order valence-corrected chi connectivity index (χ0v) is 15.0. The van der Waals surface area contributed by atoms with Crippen molar-refractivity contribution in [1.82, 2.24) is 4.90 Å². The summed E-state index contributed by atoms with van der Waals surface area (Å²) in [7, 11) is 0. The summed E-state index contributed by atoms with van der Waals surface area (Å²) in [5.41, 5.74) is 3.84. The minimum atomic E-state index is -0.163. The van der Waals surface area contributed by atoms with Gasteiger partial charge in [-0.25, -0.2) is 4.79 Å². The van der Waals surface area contributed by atoms with Gasteiger partial charge in [-0.1, -0.05) is 30.3 Å². The zero-order chi connectivity index (χ0) is 18.4. The van der Waals surface area contributed by atoms with Crippen molar-refractivity contribution in [2.75, 3.05) is 36.0 Å². The summed E-state index contributed by atoms with van der Waals surface area (Å²) < 4.78 is 0. The largest absolute Gasteiger partial charge is 0.330 e. The predicted molar refractivity (Wildman–Crippen MR) is 104 cm³/mol. The summed E-state index contributed by atoms with van der Waals surface area (Å²) >= 11 is 0. The fourth-order valence-electron chi connectivity index (χ4n) is 4.18. The average molecular weight is 360 g/mol. The molecule has 136 valence electrons. The van der Waals surface area contributed by atoms with Gasteiger partial charge < -0.3 is 4.90 Å². The van der Waals surface area contributed by atoms with Crippen LogP contribution in [0.4, 0.5) is 16.2 Å². The number of aliphatic imine (C=N–C) groups is 1. The summed E-state index contributed by atoms with van der Waals surface area (Å²) in [6.45, 7) is 1.90. The van der Waals surface area contributed by atoms with Crippen LogP contribution in [0.5, 0.6) is 0 Å². The molecule has 0 N–H and O–H groups in total. The molecule has 6 nitrogen and oxygen atoms in total. The second kappa shape index (κ2) is 6.23. The van der Waals surface area contributed by atoms with Crippen molar-refractivity contribution in [1.29, 1.82) is 0 Å². The number of para-hydroxylation sites is 2. The molecular formula is C21H20N4O2. The van der Waals surface area contributed by atoms with Crippen molar-refractivity contribution in [2.45, 2.75) is 12.8 Å². The molecule has 0 bridgehead atoms. The maximum absolute atomic E-state index is 13.2. The molecule has 3 heterocycles. The summed E-state index contributed by atoms with van der Waals surface area (Å²) in [6, 6.07) is 15.6. The van der Waals surface area contributed by atoms with Crippen molar-refractivity contribution in [3.63, 3.8) is 0 Å². The highest BCUT2D eigenvalue weighted by Gasteiger charge is 2.38. The second-order valence-corrected chi connectivity index (χ2v) is 7.02. The van der Waals surface area contributed by atoms with E-state index >= 15 is 0 Å². The Bertz CT molecular complexity index is 968. The number of hydrogen-bond donors (Lipinski definition) is 0. The first-order valence-electron chi connectivity index (χ1n) is 9.35. The van der Waals surface area contributed by atoms with E-state index in [0.717, 1.165) is 35.6 Å². The molecule has 2 aromatic carbocycles. The van der Waals surface area contributed by atoms with Crippen LogP contribution in [0.25, 0.3) is 0 Å². The van der Waals surface area contributed by atoms with E-state index in [-0.39, 0.29) is 18.5 Å². The van der Waals surface area contributed by atoms with Crippen LogP contribution >= 0.6 is 0 Å². The lowest BCUT2D eigenvalue weighted by atomic mass is 10.0. The number of hydrogen-bond acceptors (Lipinski definition) is 3. The first-order valence-corrected chi connectivity index (χ1v) is 9.35. The Morgan fingerprint density at radius 2 is 1.78 bits per heavy atom. The molecule has 0 saturated carbocycles. The Morgan fingerprint density at radius 1 is 1.00 bits per heavy atom. The lowest BCUT2D eigenvalue weighted by Crippen LogP contribution is -2.53. The number of aryl methyl sites for hydroxylation is 1. The molecule has 0 unspecified atom stereocenters. The topological polar surface area (TPSA) is 56.2 Å². The van der Waals surface area contributed by atoms with E-state index in [1.807, 2.05) is 47.4 Å². The summed E-state index contributed by atoms with van der Waals surface area (Å²) in [4.78, 5) is 35.8. The van der Waals surface area contributed by atoms with E-state index in [9.17, 15) is 9.59 Å². The second-order valence-electron chi connectivity index (χ2n) is 7.02. The first-order chi connectivity index (χ1) is 13.2. The molecule has 3 amide bonds. The number of urea groups is 1. The lowest BCUT2D eigenvalue weighted by molar-refractivity contribution is -0.117. The fraction of sp³-hybridized carbons (Fsp3) is 0.286. The molecule has 0 aromatic heterocycles. The van der Waals surface area contributed by atoms with Gasteiger partial charge in [-0.3, -0.25) is 19.6 Å². The van der Waals surface area contributed by atoms with Crippen LogP contribution < -0.4 is 9.80 Å². The van der Waals surface area contributed by atoms with Crippen LogP contribution in [0.3, 0.4) is 0 Å². The number of anilines is 2. The maximum Gasteiger partial charge on any atom is 0.330 e. The third-order valence-electron chi connectivity index (χ3n) is 5.44. The van der Waals surface area contributed by atoms with Gasteiger partial charge in [-0.15, -0.1) is 0 Å². The molecule has 3 aliphatic heterocycles. The van der Waals surface area contributed by atoms with Crippen LogP contribution in [0.1, 0.15) is 17.5 Å². The summed E-state index contributed by atoms with van der Waals surface area (Å²) in [5.74, 6) is 0.674. The van der Waals surface area contributed by atoms with Gasteiger partial charge in [0.15, 0.2) is 0 Å². The van der Waals surface area contributed by atoms with Crippen LogP contribution in [0.2, 0.25) is 0 Å². The average Bonchev–Trinajstić information content (AvgIpc) is 3.21. The standard InChI is InChI=1S/C21H20N4O2/c26-19(23-12-5-7-15-6-1-3-9-17(15)23)14-25-18-10-4-2-8-16(18)20-22-11-13-24(20)21(25)27/h1-4,6,8-10H,5,7,11-14H2. The molecule has 0 saturated heterocycles. The maximum atomic E-state index is 13.2. The fourth-order valence-corrected chi connectivity index (χ4v) is 4.18. The van der Waals surface area contributed by atoms with Crippen molar-refractivity contribution in [3.05, 3.63) is 59.7 Å². The normalized spacial score (nSPS) is 18.0. The van der Waals surface area contributed by atoms with Crippen molar-refractivity contribution < 1.29 is 9.59 Å². The third kappa shape index (κ3) is 2.51. The van der Waals surface area contributed by atoms with E-state index in [1.165, 1.54) is 5.56 Å². The number of amides is 3. The molecule has 0 radical (unpaired) electrons. The van der Waals surface area contributed by atoms with Crippen LogP contribution in [-0.2, 0) is 11.2 Å². The highest BCUT2D eigenvalue weighted by atomic mass is 16.2. The Kier molecular flexibility index (Phi) is 3.70. The van der Waals surface area contributed by atoms with E-state index in [2.05, 4.69) is 11.1 Å². The predicted octanol–water partition coefficient (Wildman–Crippen LogP) is 2.67. The highest BCUT2D eigenvalue weighted by Crippen LogP contribution is 2.32. The molecule has 3 aliphatic rings. The van der Waals surface area contributed by atoms with Crippen LogP contribution in [0.15, 0.2) is 53.5 Å². The SMILES string of the molecule is O=C(CN1C(=O)N2CCN=C2c2ccccc21)N1CCCc2ccccc21. The quantitative estimate of drug-likeness (QED) is 0.827. The van der Waals surface area contributed by atoms with Gasteiger partial charge in [-0.2, -0.15) is 0 Å². The van der Waals surface area contributed by atoms with Crippen LogP contribution in [-0.4, -0.2) is 48.9 Å². The van der Waals surface area contributed by atoms with Gasteiger partial charge >= 0.3 is 6.03 Å². The molecule has 0 fully saturated rings. The minimum absolute atomic E-state index is 0.0357. The highest BCUT2D eigenvalue weighted by molar-refractivity contribution is 6.21. The molecule has 0 aliphatic carbocycles.